The number of fused-ring (bicyclic) bond motifs is 1. The fourth-order valence-corrected chi connectivity index (χ4v) is 5.29. The number of imidazole rings is 2. The number of H-pyrrole nitrogens is 1. The van der Waals surface area contributed by atoms with E-state index >= 15 is 0 Å². The van der Waals surface area contributed by atoms with Crippen LogP contribution >= 0.6 is 0 Å². The molecule has 0 saturated heterocycles. The van der Waals surface area contributed by atoms with Crippen molar-refractivity contribution in [1.82, 2.24) is 18.5 Å². The zero-order chi connectivity index (χ0) is 23.3. The first-order valence-corrected chi connectivity index (χ1v) is 11.9. The number of nitrogens with one attached hydrogen (secondary N) is 1. The molecule has 3 aromatic carbocycles. The topological polar surface area (TPSA) is 89.8 Å². The Hall–Kier alpha value is -3.91. The molecule has 0 aliphatic carbocycles. The maximum atomic E-state index is 13.6. The van der Waals surface area contributed by atoms with Gasteiger partial charge in [-0.3, -0.25) is 4.57 Å². The molecule has 0 aliphatic heterocycles. The van der Waals surface area contributed by atoms with Crippen LogP contribution in [0.25, 0.3) is 33.5 Å². The molecule has 166 valence electrons. The number of benzene rings is 3. The van der Waals surface area contributed by atoms with Crippen LogP contribution in [-0.4, -0.2) is 26.9 Å². The normalized spacial score (nSPS) is 11.8. The van der Waals surface area contributed by atoms with Crippen LogP contribution in [0.1, 0.15) is 11.1 Å². The summed E-state index contributed by atoms with van der Waals surface area (Å²) in [5.41, 5.74) is 5.57. The van der Waals surface area contributed by atoms with Crippen molar-refractivity contribution in [2.45, 2.75) is 18.7 Å². The van der Waals surface area contributed by atoms with Crippen molar-refractivity contribution in [3.63, 3.8) is 0 Å². The molecule has 0 saturated carbocycles. The summed E-state index contributed by atoms with van der Waals surface area (Å²) in [4.78, 5) is 19.6. The minimum Gasteiger partial charge on any atom is -0.306 e. The summed E-state index contributed by atoms with van der Waals surface area (Å²) in [5, 5.41) is 0. The minimum atomic E-state index is -3.91. The average molecular weight is 459 g/mol. The molecule has 0 fully saturated rings. The second kappa shape index (κ2) is 7.60. The van der Waals surface area contributed by atoms with Crippen molar-refractivity contribution in [3.8, 4) is 22.5 Å². The number of hydrogen-bond donors (Lipinski definition) is 1. The van der Waals surface area contributed by atoms with Crippen molar-refractivity contribution >= 4 is 21.1 Å². The first-order chi connectivity index (χ1) is 15.8. The van der Waals surface area contributed by atoms with Crippen LogP contribution in [0.5, 0.6) is 0 Å². The number of nitrogens with zero attached hydrogens (tertiary/aromatic N) is 3. The van der Waals surface area contributed by atoms with Gasteiger partial charge in [-0.15, -0.1) is 0 Å². The van der Waals surface area contributed by atoms with Crippen molar-refractivity contribution in [1.29, 1.82) is 0 Å². The predicted octanol–water partition coefficient (Wildman–Crippen LogP) is 4.25. The standard InChI is InChI=1S/C25H22N4O3S/c1-16-7-10-20(11-8-16)33(31,32)29-15-26-23(18-6-4-5-17(2)13-18)24(29)19-9-12-21-22(14-19)28(3)25(30)27-21/h4-15H,1-3H3,(H,27,30). The molecule has 0 amide bonds. The van der Waals surface area contributed by atoms with Gasteiger partial charge in [0.15, 0.2) is 0 Å². The highest BCUT2D eigenvalue weighted by Crippen LogP contribution is 2.35. The maximum absolute atomic E-state index is 13.6. The van der Waals surface area contributed by atoms with Gasteiger partial charge in [-0.05, 0) is 44.2 Å². The van der Waals surface area contributed by atoms with Gasteiger partial charge >= 0.3 is 5.69 Å². The number of aromatic amines is 1. The molecule has 2 heterocycles. The van der Waals surface area contributed by atoms with Gasteiger partial charge in [0.05, 0.1) is 27.3 Å². The Balaban J connectivity index is 1.81. The van der Waals surface area contributed by atoms with Gasteiger partial charge in [-0.25, -0.2) is 22.2 Å². The summed E-state index contributed by atoms with van der Waals surface area (Å²) in [6.07, 6.45) is 1.35. The molecule has 5 aromatic rings. The van der Waals surface area contributed by atoms with E-state index in [2.05, 4.69) is 9.97 Å². The number of aryl methyl sites for hydroxylation is 3. The lowest BCUT2D eigenvalue weighted by Gasteiger charge is -2.12. The van der Waals surface area contributed by atoms with Gasteiger partial charge in [0.25, 0.3) is 10.0 Å². The SMILES string of the molecule is Cc1ccc(S(=O)(=O)n2cnc(-c3cccc(C)c3)c2-c2ccc3[nH]c(=O)n(C)c3c2)cc1. The van der Waals surface area contributed by atoms with E-state index in [-0.39, 0.29) is 10.6 Å². The van der Waals surface area contributed by atoms with Crippen LogP contribution in [0.15, 0.2) is 82.7 Å². The van der Waals surface area contributed by atoms with Crippen LogP contribution < -0.4 is 5.69 Å². The minimum absolute atomic E-state index is 0.178. The molecular formula is C25H22N4O3S. The largest absolute Gasteiger partial charge is 0.326 e. The molecule has 0 radical (unpaired) electrons. The van der Waals surface area contributed by atoms with Crippen molar-refractivity contribution in [2.75, 3.05) is 0 Å². The van der Waals surface area contributed by atoms with E-state index < -0.39 is 10.0 Å². The van der Waals surface area contributed by atoms with Crippen LogP contribution in [0.4, 0.5) is 0 Å². The lowest BCUT2D eigenvalue weighted by molar-refractivity contribution is 0.587. The number of rotatable bonds is 4. The van der Waals surface area contributed by atoms with Gasteiger partial charge in [-0.2, -0.15) is 0 Å². The quantitative estimate of drug-likeness (QED) is 0.436. The Labute approximate surface area is 191 Å². The fourth-order valence-electron chi connectivity index (χ4n) is 3.98. The molecule has 7 nitrogen and oxygen atoms in total. The average Bonchev–Trinajstić information content (AvgIpc) is 3.36. The Kier molecular flexibility index (Phi) is 4.83. The molecule has 8 heteroatoms. The van der Waals surface area contributed by atoms with Crippen LogP contribution in [0.2, 0.25) is 0 Å². The molecule has 0 aliphatic rings. The number of hydrogen-bond acceptors (Lipinski definition) is 4. The third kappa shape index (κ3) is 3.48. The smallest absolute Gasteiger partial charge is 0.306 e. The molecule has 2 aromatic heterocycles. The Morgan fingerprint density at radius 3 is 2.36 bits per heavy atom. The van der Waals surface area contributed by atoms with Gasteiger partial charge in [0.2, 0.25) is 0 Å². The lowest BCUT2D eigenvalue weighted by Crippen LogP contribution is -2.13. The summed E-state index contributed by atoms with van der Waals surface area (Å²) in [7, 11) is -2.24. The van der Waals surface area contributed by atoms with E-state index in [1.807, 2.05) is 44.2 Å². The van der Waals surface area contributed by atoms with Gasteiger partial charge in [-0.1, -0.05) is 47.5 Å². The predicted molar refractivity (Wildman–Crippen MR) is 129 cm³/mol. The lowest BCUT2D eigenvalue weighted by atomic mass is 10.0. The van der Waals surface area contributed by atoms with Crippen LogP contribution in [0, 0.1) is 13.8 Å². The van der Waals surface area contributed by atoms with Gasteiger partial charge < -0.3 is 4.98 Å². The van der Waals surface area contributed by atoms with Crippen molar-refractivity contribution < 1.29 is 8.42 Å². The van der Waals surface area contributed by atoms with E-state index in [0.29, 0.717) is 28.0 Å². The fraction of sp³-hybridized carbons (Fsp3) is 0.120. The zero-order valence-electron chi connectivity index (χ0n) is 18.4. The monoisotopic (exact) mass is 458 g/mol. The molecular weight excluding hydrogens is 436 g/mol. The van der Waals surface area contributed by atoms with E-state index in [4.69, 9.17) is 0 Å². The van der Waals surface area contributed by atoms with Crippen LogP contribution in [0.3, 0.4) is 0 Å². The molecule has 0 spiro atoms. The van der Waals surface area contributed by atoms with Crippen LogP contribution in [-0.2, 0) is 17.1 Å². The summed E-state index contributed by atoms with van der Waals surface area (Å²) in [6, 6.07) is 19.9. The third-order valence-corrected chi connectivity index (χ3v) is 7.45. The van der Waals surface area contributed by atoms with Gasteiger partial charge in [0, 0.05) is 18.2 Å². The Morgan fingerprint density at radius 2 is 1.64 bits per heavy atom. The summed E-state index contributed by atoms with van der Waals surface area (Å²) in [5.74, 6) is 0. The molecule has 33 heavy (non-hydrogen) atoms. The summed E-state index contributed by atoms with van der Waals surface area (Å²) in [6.45, 7) is 3.89. The van der Waals surface area contributed by atoms with E-state index in [1.165, 1.54) is 14.9 Å². The van der Waals surface area contributed by atoms with E-state index in [9.17, 15) is 13.2 Å². The third-order valence-electron chi connectivity index (χ3n) is 5.78. The molecule has 0 atom stereocenters. The summed E-state index contributed by atoms with van der Waals surface area (Å²) < 4.78 is 30.0. The molecule has 5 rings (SSSR count). The molecule has 0 bridgehead atoms. The first-order valence-electron chi connectivity index (χ1n) is 10.4. The van der Waals surface area contributed by atoms with E-state index in [0.717, 1.165) is 16.7 Å². The molecule has 1 N–H and O–H groups in total. The van der Waals surface area contributed by atoms with Crippen molar-refractivity contribution in [3.05, 3.63) is 94.7 Å². The second-order valence-corrected chi connectivity index (χ2v) is 9.96. The maximum Gasteiger partial charge on any atom is 0.326 e. The Morgan fingerprint density at radius 1 is 0.879 bits per heavy atom. The highest BCUT2D eigenvalue weighted by atomic mass is 32.2. The second-order valence-electron chi connectivity index (χ2n) is 8.15. The summed E-state index contributed by atoms with van der Waals surface area (Å²) >= 11 is 0. The highest BCUT2D eigenvalue weighted by Gasteiger charge is 2.25. The van der Waals surface area contributed by atoms with Gasteiger partial charge in [0.1, 0.15) is 6.33 Å². The van der Waals surface area contributed by atoms with Crippen molar-refractivity contribution in [2.24, 2.45) is 7.05 Å². The highest BCUT2D eigenvalue weighted by molar-refractivity contribution is 7.90. The first kappa shape index (κ1) is 21.0. The number of aromatic nitrogens is 4. The molecule has 0 unspecified atom stereocenters. The zero-order valence-corrected chi connectivity index (χ0v) is 19.2. The van der Waals surface area contributed by atoms with E-state index in [1.54, 1.807) is 43.4 Å². The Bertz CT molecular complexity index is 1670.